The lowest BCUT2D eigenvalue weighted by Crippen LogP contribution is -2.43. The minimum Gasteiger partial charge on any atom is -0.325 e. The molecule has 1 aliphatic heterocycles. The van der Waals surface area contributed by atoms with E-state index in [0.717, 1.165) is 23.9 Å². The maximum absolute atomic E-state index is 13.1. The molecule has 1 atom stereocenters. The van der Waals surface area contributed by atoms with Crippen LogP contribution in [0.1, 0.15) is 24.0 Å². The van der Waals surface area contributed by atoms with Gasteiger partial charge in [-0.05, 0) is 60.4 Å². The molecule has 0 radical (unpaired) electrons. The molecule has 1 aliphatic carbocycles. The van der Waals surface area contributed by atoms with E-state index in [0.29, 0.717) is 19.4 Å². The van der Waals surface area contributed by atoms with Crippen LogP contribution in [-0.4, -0.2) is 31.7 Å². The molecular weight excluding hydrogens is 396 g/mol. The van der Waals surface area contributed by atoms with Crippen molar-refractivity contribution >= 4 is 32.4 Å². The fourth-order valence-electron chi connectivity index (χ4n) is 4.71. The number of aryl methyl sites for hydroxylation is 2. The minimum atomic E-state index is -3.59. The number of carbonyl (C=O) groups excluding carboxylic acids is 1. The van der Waals surface area contributed by atoms with Crippen LogP contribution in [-0.2, 0) is 27.7 Å². The molecule has 2 aliphatic rings. The number of anilines is 1. The normalized spacial score (nSPS) is 19.1. The van der Waals surface area contributed by atoms with Crippen molar-refractivity contribution in [2.75, 3.05) is 18.4 Å². The van der Waals surface area contributed by atoms with Crippen LogP contribution in [0.4, 0.5) is 5.69 Å². The van der Waals surface area contributed by atoms with Gasteiger partial charge in [0, 0.05) is 24.2 Å². The average molecular weight is 421 g/mol. The summed E-state index contributed by atoms with van der Waals surface area (Å²) in [7, 11) is -3.59. The third kappa shape index (κ3) is 3.30. The van der Waals surface area contributed by atoms with Crippen LogP contribution in [0.3, 0.4) is 0 Å². The zero-order valence-corrected chi connectivity index (χ0v) is 17.5. The zero-order valence-electron chi connectivity index (χ0n) is 16.7. The van der Waals surface area contributed by atoms with Gasteiger partial charge in [0.05, 0.1) is 10.8 Å². The Balaban J connectivity index is 1.37. The van der Waals surface area contributed by atoms with E-state index in [4.69, 9.17) is 0 Å². The molecule has 1 saturated heterocycles. The lowest BCUT2D eigenvalue weighted by molar-refractivity contribution is -0.120. The number of amides is 1. The van der Waals surface area contributed by atoms with Crippen LogP contribution in [0.2, 0.25) is 0 Å². The lowest BCUT2D eigenvalue weighted by Gasteiger charge is -2.31. The van der Waals surface area contributed by atoms with Gasteiger partial charge in [-0.1, -0.05) is 42.5 Å². The largest absolute Gasteiger partial charge is 0.325 e. The molecule has 1 heterocycles. The fourth-order valence-corrected chi connectivity index (χ4v) is 6.25. The average Bonchev–Trinajstić information content (AvgIpc) is 3.21. The van der Waals surface area contributed by atoms with Crippen LogP contribution >= 0.6 is 0 Å². The molecular formula is C24H24N2O3S. The van der Waals surface area contributed by atoms with Crippen molar-refractivity contribution < 1.29 is 13.2 Å². The number of nitrogens with zero attached hydrogens (tertiary/aromatic N) is 1. The Kier molecular flexibility index (Phi) is 4.83. The van der Waals surface area contributed by atoms with Gasteiger partial charge >= 0.3 is 0 Å². The van der Waals surface area contributed by atoms with Gasteiger partial charge in [-0.25, -0.2) is 8.42 Å². The summed E-state index contributed by atoms with van der Waals surface area (Å²) in [5.41, 5.74) is 3.47. The highest BCUT2D eigenvalue weighted by atomic mass is 32.2. The van der Waals surface area contributed by atoms with Gasteiger partial charge in [0.15, 0.2) is 0 Å². The maximum Gasteiger partial charge on any atom is 0.243 e. The predicted molar refractivity (Wildman–Crippen MR) is 118 cm³/mol. The smallest absolute Gasteiger partial charge is 0.243 e. The number of rotatable bonds is 4. The second-order valence-electron chi connectivity index (χ2n) is 8.12. The molecule has 3 aromatic rings. The Morgan fingerprint density at radius 1 is 0.933 bits per heavy atom. The highest BCUT2D eigenvalue weighted by Crippen LogP contribution is 2.35. The second kappa shape index (κ2) is 7.52. The molecule has 0 aromatic heterocycles. The molecule has 1 fully saturated rings. The fraction of sp³-hybridized carbons (Fsp3) is 0.292. The minimum absolute atomic E-state index is 0.110. The van der Waals surface area contributed by atoms with Crippen LogP contribution < -0.4 is 5.32 Å². The molecule has 0 saturated carbocycles. The van der Waals surface area contributed by atoms with Crippen molar-refractivity contribution in [2.24, 2.45) is 5.92 Å². The third-order valence-corrected chi connectivity index (χ3v) is 8.15. The number of hydrogen-bond donors (Lipinski definition) is 1. The van der Waals surface area contributed by atoms with E-state index in [2.05, 4.69) is 23.5 Å². The predicted octanol–water partition coefficient (Wildman–Crippen LogP) is 3.98. The SMILES string of the molecule is O=C(Nc1ccc2c3c(cccc13)CC2)C1CCCN(S(=O)(=O)c2ccccc2)C1. The monoisotopic (exact) mass is 420 g/mol. The van der Waals surface area contributed by atoms with Gasteiger partial charge in [-0.2, -0.15) is 4.31 Å². The molecule has 3 aromatic carbocycles. The summed E-state index contributed by atoms with van der Waals surface area (Å²) in [6, 6.07) is 18.8. The first-order valence-corrected chi connectivity index (χ1v) is 11.9. The Labute approximate surface area is 176 Å². The van der Waals surface area contributed by atoms with Gasteiger partial charge in [-0.3, -0.25) is 4.79 Å². The van der Waals surface area contributed by atoms with Gasteiger partial charge in [-0.15, -0.1) is 0 Å². The van der Waals surface area contributed by atoms with Crippen LogP contribution in [0, 0.1) is 5.92 Å². The molecule has 1 unspecified atom stereocenters. The summed E-state index contributed by atoms with van der Waals surface area (Å²) in [6.45, 7) is 0.659. The number of benzene rings is 3. The summed E-state index contributed by atoms with van der Waals surface area (Å²) in [5, 5.41) is 5.41. The van der Waals surface area contributed by atoms with E-state index in [1.54, 1.807) is 30.3 Å². The highest BCUT2D eigenvalue weighted by molar-refractivity contribution is 7.89. The van der Waals surface area contributed by atoms with E-state index in [1.165, 1.54) is 20.8 Å². The summed E-state index contributed by atoms with van der Waals surface area (Å²) in [4.78, 5) is 13.3. The Morgan fingerprint density at radius 2 is 1.70 bits per heavy atom. The maximum atomic E-state index is 13.1. The lowest BCUT2D eigenvalue weighted by atomic mass is 9.98. The Hall–Kier alpha value is -2.70. The topological polar surface area (TPSA) is 66.5 Å². The van der Waals surface area contributed by atoms with Crippen molar-refractivity contribution in [1.29, 1.82) is 0 Å². The van der Waals surface area contributed by atoms with Crippen molar-refractivity contribution in [1.82, 2.24) is 4.31 Å². The standard InChI is InChI=1S/C24H24N2O3S/c27-24(25-22-14-13-18-12-11-17-6-4-10-21(22)23(17)18)19-7-5-15-26(16-19)30(28,29)20-8-2-1-3-9-20/h1-4,6,8-10,13-14,19H,5,7,11-12,15-16H2,(H,25,27). The molecule has 5 nitrogen and oxygen atoms in total. The molecule has 6 heteroatoms. The number of carbonyl (C=O) groups is 1. The van der Waals surface area contributed by atoms with E-state index in [9.17, 15) is 13.2 Å². The Morgan fingerprint density at radius 3 is 2.50 bits per heavy atom. The zero-order chi connectivity index (χ0) is 20.7. The number of hydrogen-bond acceptors (Lipinski definition) is 3. The first-order chi connectivity index (χ1) is 14.5. The van der Waals surface area contributed by atoms with Gasteiger partial charge < -0.3 is 5.32 Å². The van der Waals surface area contributed by atoms with Crippen LogP contribution in [0.25, 0.3) is 10.8 Å². The molecule has 0 bridgehead atoms. The highest BCUT2D eigenvalue weighted by Gasteiger charge is 2.33. The summed E-state index contributed by atoms with van der Waals surface area (Å²) >= 11 is 0. The third-order valence-electron chi connectivity index (χ3n) is 6.27. The number of sulfonamides is 1. The summed E-state index contributed by atoms with van der Waals surface area (Å²) < 4.78 is 27.4. The van der Waals surface area contributed by atoms with Crippen molar-refractivity contribution in [3.8, 4) is 0 Å². The summed E-state index contributed by atoms with van der Waals surface area (Å²) in [5.74, 6) is -0.470. The molecule has 1 amide bonds. The second-order valence-corrected chi connectivity index (χ2v) is 10.1. The molecule has 154 valence electrons. The van der Waals surface area contributed by atoms with Gasteiger partial charge in [0.25, 0.3) is 0 Å². The van der Waals surface area contributed by atoms with Crippen LogP contribution in [0.15, 0.2) is 65.6 Å². The molecule has 0 spiro atoms. The van der Waals surface area contributed by atoms with E-state index >= 15 is 0 Å². The number of nitrogens with one attached hydrogen (secondary N) is 1. The van der Waals surface area contributed by atoms with Gasteiger partial charge in [0.1, 0.15) is 0 Å². The van der Waals surface area contributed by atoms with Crippen molar-refractivity contribution in [2.45, 2.75) is 30.6 Å². The van der Waals surface area contributed by atoms with Gasteiger partial charge in [0.2, 0.25) is 15.9 Å². The first-order valence-electron chi connectivity index (χ1n) is 10.4. The van der Waals surface area contributed by atoms with E-state index in [-0.39, 0.29) is 23.3 Å². The Bertz CT molecular complexity index is 1210. The quantitative estimate of drug-likeness (QED) is 0.694. The van der Waals surface area contributed by atoms with Crippen LogP contribution in [0.5, 0.6) is 0 Å². The van der Waals surface area contributed by atoms with E-state index < -0.39 is 10.0 Å². The number of piperidine rings is 1. The molecule has 30 heavy (non-hydrogen) atoms. The summed E-state index contributed by atoms with van der Waals surface area (Å²) in [6.07, 6.45) is 3.44. The molecule has 1 N–H and O–H groups in total. The molecule has 5 rings (SSSR count). The van der Waals surface area contributed by atoms with Crippen molar-refractivity contribution in [3.05, 3.63) is 71.8 Å². The van der Waals surface area contributed by atoms with Crippen molar-refractivity contribution in [3.63, 3.8) is 0 Å². The van der Waals surface area contributed by atoms with E-state index in [1.807, 2.05) is 12.1 Å². The first kappa shape index (κ1) is 19.3.